The summed E-state index contributed by atoms with van der Waals surface area (Å²) in [6, 6.07) is 3.17. The zero-order valence-electron chi connectivity index (χ0n) is 7.11. The molecule has 0 aromatic carbocycles. The number of carbonyl (C=O) groups is 1. The first-order valence-corrected chi connectivity index (χ1v) is 3.70. The van der Waals surface area contributed by atoms with Crippen molar-refractivity contribution in [3.63, 3.8) is 0 Å². The lowest BCUT2D eigenvalue weighted by molar-refractivity contribution is 0.209. The van der Waals surface area contributed by atoms with Crippen LogP contribution in [0.5, 0.6) is 0 Å². The molecule has 0 saturated heterocycles. The van der Waals surface area contributed by atoms with Crippen molar-refractivity contribution in [2.45, 2.75) is 13.5 Å². The zero-order valence-corrected chi connectivity index (χ0v) is 7.11. The van der Waals surface area contributed by atoms with E-state index < -0.39 is 6.09 Å². The topological polar surface area (TPSA) is 82.5 Å². The minimum absolute atomic E-state index is 0.127. The number of amides is 1. The van der Waals surface area contributed by atoms with Gasteiger partial charge in [-0.15, -0.1) is 0 Å². The lowest BCUT2D eigenvalue weighted by Crippen LogP contribution is -2.09. The quantitative estimate of drug-likeness (QED) is 0.636. The monoisotopic (exact) mass is 182 g/mol. The van der Waals surface area contributed by atoms with Crippen LogP contribution in [0.25, 0.3) is 0 Å². The summed E-state index contributed by atoms with van der Waals surface area (Å²) < 4.78 is 0. The minimum atomic E-state index is -1.16. The average molecular weight is 182 g/mol. The van der Waals surface area contributed by atoms with E-state index in [1.54, 1.807) is 13.0 Å². The molecule has 0 aliphatic carbocycles. The van der Waals surface area contributed by atoms with Gasteiger partial charge >= 0.3 is 6.09 Å². The number of aliphatic hydroxyl groups excluding tert-OH is 1. The molecule has 0 unspecified atom stereocenters. The van der Waals surface area contributed by atoms with Crippen molar-refractivity contribution in [2.75, 3.05) is 5.32 Å². The maximum atomic E-state index is 10.3. The summed E-state index contributed by atoms with van der Waals surface area (Å²) >= 11 is 0. The normalized spacial score (nSPS) is 9.69. The summed E-state index contributed by atoms with van der Waals surface area (Å²) in [5.41, 5.74) is 1.30. The standard InChI is InChI=1S/C8H10N2O3/c1-5-2-6(4-11)3-7(9-5)10-8(12)13/h2-3,11H,4H2,1H3,(H,9,10)(H,12,13). The maximum absolute atomic E-state index is 10.3. The van der Waals surface area contributed by atoms with Gasteiger partial charge in [-0.2, -0.15) is 0 Å². The molecule has 5 heteroatoms. The van der Waals surface area contributed by atoms with Gasteiger partial charge in [0.25, 0.3) is 0 Å². The number of rotatable bonds is 2. The van der Waals surface area contributed by atoms with E-state index in [9.17, 15) is 4.79 Å². The van der Waals surface area contributed by atoms with Crippen molar-refractivity contribution < 1.29 is 15.0 Å². The summed E-state index contributed by atoms with van der Waals surface area (Å²) in [6.07, 6.45) is -1.16. The first kappa shape index (κ1) is 9.47. The van der Waals surface area contributed by atoms with Crippen molar-refractivity contribution in [3.05, 3.63) is 23.4 Å². The second-order valence-corrected chi connectivity index (χ2v) is 2.59. The highest BCUT2D eigenvalue weighted by molar-refractivity contribution is 5.81. The zero-order chi connectivity index (χ0) is 9.84. The fourth-order valence-corrected chi connectivity index (χ4v) is 1.01. The van der Waals surface area contributed by atoms with Gasteiger partial charge in [0.1, 0.15) is 5.82 Å². The highest BCUT2D eigenvalue weighted by Crippen LogP contribution is 2.09. The van der Waals surface area contributed by atoms with Gasteiger partial charge in [0.05, 0.1) is 6.61 Å². The fourth-order valence-electron chi connectivity index (χ4n) is 1.01. The Morgan fingerprint density at radius 2 is 2.31 bits per heavy atom. The smallest absolute Gasteiger partial charge is 0.410 e. The van der Waals surface area contributed by atoms with Gasteiger partial charge < -0.3 is 10.2 Å². The van der Waals surface area contributed by atoms with Crippen LogP contribution < -0.4 is 5.32 Å². The Morgan fingerprint density at radius 3 is 2.85 bits per heavy atom. The van der Waals surface area contributed by atoms with Gasteiger partial charge in [-0.3, -0.25) is 5.32 Å². The van der Waals surface area contributed by atoms with E-state index in [-0.39, 0.29) is 12.4 Å². The Morgan fingerprint density at radius 1 is 1.62 bits per heavy atom. The first-order valence-electron chi connectivity index (χ1n) is 3.70. The van der Waals surface area contributed by atoms with Crippen LogP contribution in [0.2, 0.25) is 0 Å². The SMILES string of the molecule is Cc1cc(CO)cc(NC(=O)O)n1. The number of pyridine rings is 1. The molecule has 70 valence electrons. The lowest BCUT2D eigenvalue weighted by atomic mass is 10.2. The number of aryl methyl sites for hydroxylation is 1. The molecule has 0 atom stereocenters. The molecule has 1 rings (SSSR count). The van der Waals surface area contributed by atoms with Gasteiger partial charge in [0.2, 0.25) is 0 Å². The molecular weight excluding hydrogens is 172 g/mol. The lowest BCUT2D eigenvalue weighted by Gasteiger charge is -2.03. The molecule has 0 fully saturated rings. The van der Waals surface area contributed by atoms with Crippen molar-refractivity contribution >= 4 is 11.9 Å². The van der Waals surface area contributed by atoms with Gasteiger partial charge in [0, 0.05) is 5.69 Å². The predicted octanol–water partition coefficient (Wildman–Crippen LogP) is 0.972. The van der Waals surface area contributed by atoms with E-state index in [1.165, 1.54) is 6.07 Å². The third-order valence-corrected chi connectivity index (χ3v) is 1.43. The van der Waals surface area contributed by atoms with Crippen LogP contribution in [-0.2, 0) is 6.61 Å². The Hall–Kier alpha value is -1.62. The second-order valence-electron chi connectivity index (χ2n) is 2.59. The summed E-state index contributed by atoms with van der Waals surface area (Å²) in [7, 11) is 0. The number of hydrogen-bond acceptors (Lipinski definition) is 3. The van der Waals surface area contributed by atoms with Crippen molar-refractivity contribution in [2.24, 2.45) is 0 Å². The molecule has 1 heterocycles. The van der Waals surface area contributed by atoms with E-state index in [4.69, 9.17) is 10.2 Å². The summed E-state index contributed by atoms with van der Waals surface area (Å²) in [4.78, 5) is 14.2. The third kappa shape index (κ3) is 2.72. The molecule has 1 aromatic heterocycles. The van der Waals surface area contributed by atoms with Gasteiger partial charge in [-0.1, -0.05) is 0 Å². The molecule has 5 nitrogen and oxygen atoms in total. The third-order valence-electron chi connectivity index (χ3n) is 1.43. The van der Waals surface area contributed by atoms with Crippen LogP contribution in [0, 0.1) is 6.92 Å². The van der Waals surface area contributed by atoms with Crippen molar-refractivity contribution in [1.29, 1.82) is 0 Å². The van der Waals surface area contributed by atoms with E-state index in [0.717, 1.165) is 0 Å². The van der Waals surface area contributed by atoms with Gasteiger partial charge in [0.15, 0.2) is 0 Å². The van der Waals surface area contributed by atoms with Crippen LogP contribution in [0.4, 0.5) is 10.6 Å². The van der Waals surface area contributed by atoms with Crippen molar-refractivity contribution in [3.8, 4) is 0 Å². The Bertz CT molecular complexity index is 325. The number of aromatic nitrogens is 1. The molecular formula is C8H10N2O3. The molecule has 0 spiro atoms. The molecule has 13 heavy (non-hydrogen) atoms. The van der Waals surface area contributed by atoms with Crippen LogP contribution >= 0.6 is 0 Å². The van der Waals surface area contributed by atoms with E-state index in [2.05, 4.69) is 10.3 Å². The summed E-state index contributed by atoms with van der Waals surface area (Å²) in [5, 5.41) is 19.3. The molecule has 0 saturated carbocycles. The summed E-state index contributed by atoms with van der Waals surface area (Å²) in [6.45, 7) is 1.60. The van der Waals surface area contributed by atoms with Crippen LogP contribution in [0.3, 0.4) is 0 Å². The number of nitrogens with one attached hydrogen (secondary N) is 1. The Labute approximate surface area is 75.0 Å². The molecule has 3 N–H and O–H groups in total. The maximum Gasteiger partial charge on any atom is 0.410 e. The van der Waals surface area contributed by atoms with E-state index in [0.29, 0.717) is 11.3 Å². The Balaban J connectivity index is 2.94. The number of carboxylic acid groups (broad SMARTS) is 1. The van der Waals surface area contributed by atoms with Gasteiger partial charge in [-0.05, 0) is 24.6 Å². The predicted molar refractivity (Wildman–Crippen MR) is 46.5 cm³/mol. The molecule has 0 aliphatic rings. The number of aliphatic hydroxyl groups is 1. The first-order chi connectivity index (χ1) is 6.11. The molecule has 0 radical (unpaired) electrons. The number of hydrogen-bond donors (Lipinski definition) is 3. The Kier molecular flexibility index (Phi) is 2.81. The number of anilines is 1. The summed E-state index contributed by atoms with van der Waals surface area (Å²) in [5.74, 6) is 0.233. The number of nitrogens with zero attached hydrogens (tertiary/aromatic N) is 1. The van der Waals surface area contributed by atoms with Crippen LogP contribution in [0.1, 0.15) is 11.3 Å². The van der Waals surface area contributed by atoms with Crippen molar-refractivity contribution in [1.82, 2.24) is 4.98 Å². The van der Waals surface area contributed by atoms with Gasteiger partial charge in [-0.25, -0.2) is 9.78 Å². The van der Waals surface area contributed by atoms with E-state index in [1.807, 2.05) is 0 Å². The molecule has 1 amide bonds. The molecule has 1 aromatic rings. The second kappa shape index (κ2) is 3.86. The molecule has 0 aliphatic heterocycles. The highest BCUT2D eigenvalue weighted by atomic mass is 16.4. The van der Waals surface area contributed by atoms with Crippen LogP contribution in [0.15, 0.2) is 12.1 Å². The fraction of sp³-hybridized carbons (Fsp3) is 0.250. The molecule has 0 bridgehead atoms. The minimum Gasteiger partial charge on any atom is -0.465 e. The highest BCUT2D eigenvalue weighted by Gasteiger charge is 2.01. The largest absolute Gasteiger partial charge is 0.465 e. The van der Waals surface area contributed by atoms with E-state index >= 15 is 0 Å². The average Bonchev–Trinajstić information content (AvgIpc) is 2.01. The van der Waals surface area contributed by atoms with Crippen LogP contribution in [-0.4, -0.2) is 21.3 Å².